The first-order chi connectivity index (χ1) is 27.1. The highest BCUT2D eigenvalue weighted by Crippen LogP contribution is 2.55. The molecule has 272 valence electrons. The summed E-state index contributed by atoms with van der Waals surface area (Å²) < 4.78 is 2.48. The fraction of sp³-hybridized carbons (Fsp3) is 0.148. The minimum absolute atomic E-state index is 0.243. The van der Waals surface area contributed by atoms with Crippen LogP contribution in [0.25, 0.3) is 60.5 Å². The molecule has 0 unspecified atom stereocenters. The predicted molar refractivity (Wildman–Crippen MR) is 240 cm³/mol. The molecule has 0 radical (unpaired) electrons. The maximum Gasteiger partial charge on any atom is 0.0543 e. The van der Waals surface area contributed by atoms with Crippen molar-refractivity contribution >= 4 is 49.6 Å². The van der Waals surface area contributed by atoms with Crippen LogP contribution >= 0.6 is 0 Å². The van der Waals surface area contributed by atoms with E-state index in [9.17, 15) is 0 Å². The van der Waals surface area contributed by atoms with E-state index in [0.29, 0.717) is 0 Å². The van der Waals surface area contributed by atoms with Crippen molar-refractivity contribution in [1.82, 2.24) is 4.57 Å². The molecule has 1 aromatic heterocycles. The smallest absolute Gasteiger partial charge is 0.0543 e. The second kappa shape index (κ2) is 12.6. The van der Waals surface area contributed by atoms with Crippen LogP contribution in [0.4, 0.5) is 17.1 Å². The average molecular weight is 723 g/mol. The van der Waals surface area contributed by atoms with Crippen molar-refractivity contribution in [1.29, 1.82) is 0 Å². The van der Waals surface area contributed by atoms with Crippen LogP contribution in [-0.4, -0.2) is 4.57 Å². The van der Waals surface area contributed by atoms with Gasteiger partial charge in [0.1, 0.15) is 0 Å². The Kier molecular flexibility index (Phi) is 7.67. The van der Waals surface area contributed by atoms with E-state index >= 15 is 0 Å². The maximum absolute atomic E-state index is 2.50. The van der Waals surface area contributed by atoms with Gasteiger partial charge in [0.25, 0.3) is 0 Å². The summed E-state index contributed by atoms with van der Waals surface area (Å²) in [6, 6.07) is 57.1. The molecule has 0 fully saturated rings. The molecule has 2 heteroatoms. The van der Waals surface area contributed by atoms with E-state index in [-0.39, 0.29) is 5.41 Å². The molecule has 10 rings (SSSR count). The van der Waals surface area contributed by atoms with Crippen LogP contribution in [0.5, 0.6) is 0 Å². The molecule has 0 spiro atoms. The summed E-state index contributed by atoms with van der Waals surface area (Å²) in [6.45, 7) is 15.8. The lowest BCUT2D eigenvalue weighted by Crippen LogP contribution is -2.17. The van der Waals surface area contributed by atoms with E-state index in [0.717, 1.165) is 0 Å². The van der Waals surface area contributed by atoms with Gasteiger partial charge in [0.15, 0.2) is 0 Å². The van der Waals surface area contributed by atoms with Gasteiger partial charge in [-0.3, -0.25) is 0 Å². The first kappa shape index (κ1) is 34.1. The molecular formula is C54H46N2. The zero-order chi connectivity index (χ0) is 38.5. The van der Waals surface area contributed by atoms with Gasteiger partial charge < -0.3 is 9.47 Å². The van der Waals surface area contributed by atoms with Crippen molar-refractivity contribution in [2.24, 2.45) is 0 Å². The first-order valence-corrected chi connectivity index (χ1v) is 19.8. The van der Waals surface area contributed by atoms with Crippen molar-refractivity contribution in [3.63, 3.8) is 0 Å². The second-order valence-corrected chi connectivity index (χ2v) is 16.5. The molecule has 1 aliphatic rings. The zero-order valence-corrected chi connectivity index (χ0v) is 33.3. The third kappa shape index (κ3) is 5.16. The van der Waals surface area contributed by atoms with Crippen molar-refractivity contribution in [2.45, 2.75) is 53.9 Å². The molecule has 0 atom stereocenters. The van der Waals surface area contributed by atoms with Crippen LogP contribution in [0.2, 0.25) is 0 Å². The first-order valence-electron chi connectivity index (χ1n) is 19.8. The lowest BCUT2D eigenvalue weighted by molar-refractivity contribution is 0.660. The maximum atomic E-state index is 2.50. The third-order valence-corrected chi connectivity index (χ3v) is 12.7. The lowest BCUT2D eigenvalue weighted by Gasteiger charge is -2.30. The van der Waals surface area contributed by atoms with Crippen LogP contribution in [0.3, 0.4) is 0 Å². The Bertz CT molecular complexity index is 3000. The van der Waals surface area contributed by atoms with Crippen LogP contribution in [0.15, 0.2) is 152 Å². The number of aryl methyl sites for hydroxylation is 5. The Morgan fingerprint density at radius 1 is 0.446 bits per heavy atom. The van der Waals surface area contributed by atoms with Gasteiger partial charge >= 0.3 is 0 Å². The van der Waals surface area contributed by atoms with Crippen molar-refractivity contribution < 1.29 is 0 Å². The minimum Gasteiger partial charge on any atom is -0.310 e. The fourth-order valence-corrected chi connectivity index (χ4v) is 9.26. The summed E-state index contributed by atoms with van der Waals surface area (Å²) in [5.41, 5.74) is 21.3. The fourth-order valence-electron chi connectivity index (χ4n) is 9.26. The second-order valence-electron chi connectivity index (χ2n) is 16.5. The number of fused-ring (bicyclic) bond motifs is 8. The molecule has 0 aliphatic heterocycles. The van der Waals surface area contributed by atoms with Crippen molar-refractivity contribution in [2.75, 3.05) is 4.90 Å². The van der Waals surface area contributed by atoms with E-state index in [1.807, 2.05) is 0 Å². The average Bonchev–Trinajstić information content (AvgIpc) is 3.64. The van der Waals surface area contributed by atoms with E-state index in [2.05, 4.69) is 210 Å². The van der Waals surface area contributed by atoms with Gasteiger partial charge in [-0.25, -0.2) is 0 Å². The summed E-state index contributed by atoms with van der Waals surface area (Å²) >= 11 is 0. The molecule has 0 saturated heterocycles. The van der Waals surface area contributed by atoms with Crippen molar-refractivity contribution in [3.8, 4) is 27.9 Å². The summed E-state index contributed by atoms with van der Waals surface area (Å²) in [6.07, 6.45) is 0. The highest BCUT2D eigenvalue weighted by atomic mass is 15.1. The van der Waals surface area contributed by atoms with Gasteiger partial charge in [-0.15, -0.1) is 0 Å². The molecule has 2 nitrogen and oxygen atoms in total. The molecule has 0 bridgehead atoms. The van der Waals surface area contributed by atoms with E-state index in [1.165, 1.54) is 117 Å². The summed E-state index contributed by atoms with van der Waals surface area (Å²) in [4.78, 5) is 2.48. The topological polar surface area (TPSA) is 8.17 Å². The van der Waals surface area contributed by atoms with Crippen LogP contribution in [-0.2, 0) is 5.41 Å². The molecule has 1 heterocycles. The molecular weight excluding hydrogens is 677 g/mol. The molecule has 56 heavy (non-hydrogen) atoms. The Morgan fingerprint density at radius 2 is 1.07 bits per heavy atom. The Labute approximate surface area is 330 Å². The molecule has 9 aromatic rings. The van der Waals surface area contributed by atoms with E-state index in [1.54, 1.807) is 0 Å². The number of rotatable bonds is 5. The highest BCUT2D eigenvalue weighted by Gasteiger charge is 2.38. The van der Waals surface area contributed by atoms with Crippen molar-refractivity contribution in [3.05, 3.63) is 191 Å². The number of aromatic nitrogens is 1. The van der Waals surface area contributed by atoms with Crippen LogP contribution < -0.4 is 4.90 Å². The number of benzene rings is 8. The molecule has 0 saturated carbocycles. The van der Waals surface area contributed by atoms with Gasteiger partial charge in [0.05, 0.1) is 16.7 Å². The zero-order valence-electron chi connectivity index (χ0n) is 33.3. The molecule has 8 aromatic carbocycles. The monoisotopic (exact) mass is 722 g/mol. The summed E-state index contributed by atoms with van der Waals surface area (Å²) in [5.74, 6) is 0. The number of hydrogen-bond acceptors (Lipinski definition) is 1. The molecule has 0 N–H and O–H groups in total. The van der Waals surface area contributed by atoms with Gasteiger partial charge in [-0.05, 0) is 162 Å². The number of hydrogen-bond donors (Lipinski definition) is 0. The predicted octanol–water partition coefficient (Wildman–Crippen LogP) is 14.9. The summed E-state index contributed by atoms with van der Waals surface area (Å²) in [7, 11) is 0. The van der Waals surface area contributed by atoms with E-state index < -0.39 is 0 Å². The summed E-state index contributed by atoms with van der Waals surface area (Å²) in [5, 5.41) is 5.11. The van der Waals surface area contributed by atoms with Gasteiger partial charge in [-0.2, -0.15) is 0 Å². The van der Waals surface area contributed by atoms with Gasteiger partial charge in [0, 0.05) is 38.6 Å². The molecule has 0 amide bonds. The van der Waals surface area contributed by atoms with E-state index in [4.69, 9.17) is 0 Å². The number of anilines is 3. The van der Waals surface area contributed by atoms with Crippen LogP contribution in [0, 0.1) is 34.6 Å². The molecule has 1 aliphatic carbocycles. The third-order valence-electron chi connectivity index (χ3n) is 12.7. The quantitative estimate of drug-likeness (QED) is 0.172. The van der Waals surface area contributed by atoms with Gasteiger partial charge in [0.2, 0.25) is 0 Å². The number of nitrogens with zero attached hydrogens (tertiary/aromatic N) is 2. The van der Waals surface area contributed by atoms with Gasteiger partial charge in [-0.1, -0.05) is 104 Å². The highest BCUT2D eigenvalue weighted by molar-refractivity contribution is 6.12. The van der Waals surface area contributed by atoms with Crippen LogP contribution in [0.1, 0.15) is 52.8 Å². The normalized spacial score (nSPS) is 13.1. The standard InChI is InChI=1S/C54H46N2/c1-33-17-25-50-46(27-33)47-30-39(38-13-9-8-10-14-38)20-26-51(47)56(50)42-23-24-45-48(31-42)54(6,7)49-32-52(43-15-11-12-16-44(43)53(45)49)55(40-21-18-34(2)36(4)28-40)41-22-19-35(3)37(5)29-41/h8-32H,1-7H3. The SMILES string of the molecule is Cc1ccc2c(c1)c1cc(-c3ccccc3)ccc1n2-c1ccc2c(c1)C(C)(C)c1cc(N(c3ccc(C)c(C)c3)c3ccc(C)c(C)c3)c3ccccc3c1-2. The lowest BCUT2D eigenvalue weighted by atomic mass is 9.81. The Balaban J connectivity index is 1.18. The largest absolute Gasteiger partial charge is 0.310 e. The Morgan fingerprint density at radius 3 is 1.75 bits per heavy atom. The Hall–Kier alpha value is -6.38. The minimum atomic E-state index is -0.243.